The molecule has 0 N–H and O–H groups in total. The number of carbonyl (C=O) groups is 1. The largest absolute Gasteiger partial charge is 0.340 e. The predicted octanol–water partition coefficient (Wildman–Crippen LogP) is 1.82. The third kappa shape index (κ3) is 2.69. The highest BCUT2D eigenvalue weighted by Gasteiger charge is 2.17. The molecular formula is C11H18N2O. The molecule has 3 nitrogen and oxygen atoms in total. The molecule has 1 aromatic heterocycles. The molecule has 78 valence electrons. The lowest BCUT2D eigenvalue weighted by molar-refractivity contribution is -0.125. The maximum absolute atomic E-state index is 11.6. The molecule has 0 bridgehead atoms. The lowest BCUT2D eigenvalue weighted by atomic mass is 9.93. The van der Waals surface area contributed by atoms with E-state index in [1.54, 1.807) is 6.33 Å². The molecule has 0 radical (unpaired) electrons. The van der Waals surface area contributed by atoms with E-state index in [0.717, 1.165) is 12.1 Å². The summed E-state index contributed by atoms with van der Waals surface area (Å²) in [5.74, 6) is 0.509. The molecule has 0 aliphatic rings. The second-order valence-electron chi connectivity index (χ2n) is 4.19. The van der Waals surface area contributed by atoms with Crippen LogP contribution < -0.4 is 0 Å². The normalized spacial score (nSPS) is 13.2. The van der Waals surface area contributed by atoms with Gasteiger partial charge >= 0.3 is 0 Å². The number of hydrogen-bond acceptors (Lipinski definition) is 2. The van der Waals surface area contributed by atoms with Crippen molar-refractivity contribution in [1.82, 2.24) is 9.55 Å². The molecule has 1 unspecified atom stereocenters. The molecule has 1 rings (SSSR count). The molecule has 0 aromatic carbocycles. The Bertz CT molecular complexity index is 315. The summed E-state index contributed by atoms with van der Waals surface area (Å²) < 4.78 is 1.90. The Morgan fingerprint density at radius 3 is 2.57 bits per heavy atom. The number of Topliss-reactive ketones (excluding diaryl/α,β-unsaturated/α-hetero) is 1. The summed E-state index contributed by atoms with van der Waals surface area (Å²) >= 11 is 0. The lowest BCUT2D eigenvalue weighted by Gasteiger charge is -2.10. The average Bonchev–Trinajstić information content (AvgIpc) is 2.49. The van der Waals surface area contributed by atoms with E-state index in [-0.39, 0.29) is 11.8 Å². The van der Waals surface area contributed by atoms with Crippen molar-refractivity contribution in [2.45, 2.75) is 27.2 Å². The fourth-order valence-corrected chi connectivity index (χ4v) is 1.56. The smallest absolute Gasteiger partial charge is 0.138 e. The fourth-order valence-electron chi connectivity index (χ4n) is 1.56. The number of rotatable bonds is 4. The van der Waals surface area contributed by atoms with Gasteiger partial charge in [0.1, 0.15) is 5.78 Å². The zero-order valence-corrected chi connectivity index (χ0v) is 9.32. The van der Waals surface area contributed by atoms with Crippen molar-refractivity contribution in [2.24, 2.45) is 18.9 Å². The maximum atomic E-state index is 11.6. The van der Waals surface area contributed by atoms with Crippen molar-refractivity contribution in [3.63, 3.8) is 0 Å². The van der Waals surface area contributed by atoms with Crippen molar-refractivity contribution in [1.29, 1.82) is 0 Å². The van der Waals surface area contributed by atoms with Crippen LogP contribution in [0, 0.1) is 11.8 Å². The van der Waals surface area contributed by atoms with Crippen LogP contribution >= 0.6 is 0 Å². The van der Waals surface area contributed by atoms with Crippen molar-refractivity contribution < 1.29 is 4.79 Å². The van der Waals surface area contributed by atoms with Crippen LogP contribution in [0.4, 0.5) is 0 Å². The van der Waals surface area contributed by atoms with E-state index in [0.29, 0.717) is 5.78 Å². The quantitative estimate of drug-likeness (QED) is 0.733. The molecule has 0 spiro atoms. The first-order valence-corrected chi connectivity index (χ1v) is 5.01. The molecule has 1 heterocycles. The van der Waals surface area contributed by atoms with Gasteiger partial charge in [0, 0.05) is 31.5 Å². The highest BCUT2D eigenvalue weighted by molar-refractivity contribution is 5.82. The van der Waals surface area contributed by atoms with Gasteiger partial charge in [0.25, 0.3) is 0 Å². The summed E-state index contributed by atoms with van der Waals surface area (Å²) in [6.45, 7) is 5.85. The number of imidazole rings is 1. The zero-order chi connectivity index (χ0) is 10.7. The Balaban J connectivity index is 2.57. The average molecular weight is 194 g/mol. The van der Waals surface area contributed by atoms with Crippen molar-refractivity contribution in [2.75, 3.05) is 0 Å². The van der Waals surface area contributed by atoms with Crippen LogP contribution in [0.1, 0.15) is 26.5 Å². The number of carbonyl (C=O) groups excluding carboxylic acids is 1. The SMILES string of the molecule is CC(C)C(=O)C(C)Cc1cn(C)cn1. The van der Waals surface area contributed by atoms with Gasteiger partial charge in [-0.3, -0.25) is 4.79 Å². The molecule has 0 fully saturated rings. The van der Waals surface area contributed by atoms with Gasteiger partial charge in [0.05, 0.1) is 12.0 Å². The molecule has 1 aromatic rings. The van der Waals surface area contributed by atoms with E-state index in [9.17, 15) is 4.79 Å². The van der Waals surface area contributed by atoms with Crippen molar-refractivity contribution in [3.05, 3.63) is 18.2 Å². The maximum Gasteiger partial charge on any atom is 0.138 e. The standard InChI is InChI=1S/C11H18N2O/c1-8(2)11(14)9(3)5-10-6-13(4)7-12-10/h6-9H,5H2,1-4H3. The number of ketones is 1. The summed E-state index contributed by atoms with van der Waals surface area (Å²) in [6, 6.07) is 0. The Kier molecular flexibility index (Phi) is 3.44. The van der Waals surface area contributed by atoms with Crippen molar-refractivity contribution >= 4 is 5.78 Å². The van der Waals surface area contributed by atoms with E-state index >= 15 is 0 Å². The molecule has 0 saturated heterocycles. The van der Waals surface area contributed by atoms with Gasteiger partial charge in [0.2, 0.25) is 0 Å². The van der Waals surface area contributed by atoms with Gasteiger partial charge in [-0.05, 0) is 0 Å². The summed E-state index contributed by atoms with van der Waals surface area (Å²) in [7, 11) is 1.94. The first-order chi connectivity index (χ1) is 6.50. The molecular weight excluding hydrogens is 176 g/mol. The number of hydrogen-bond donors (Lipinski definition) is 0. The van der Waals surface area contributed by atoms with E-state index in [1.807, 2.05) is 38.6 Å². The van der Waals surface area contributed by atoms with Gasteiger partial charge in [-0.2, -0.15) is 0 Å². The second kappa shape index (κ2) is 4.40. The molecule has 14 heavy (non-hydrogen) atoms. The molecule has 1 atom stereocenters. The predicted molar refractivity (Wildman–Crippen MR) is 55.9 cm³/mol. The minimum Gasteiger partial charge on any atom is -0.340 e. The molecule has 3 heteroatoms. The summed E-state index contributed by atoms with van der Waals surface area (Å²) in [4.78, 5) is 15.8. The van der Waals surface area contributed by atoms with Crippen LogP contribution in [-0.2, 0) is 18.3 Å². The highest BCUT2D eigenvalue weighted by atomic mass is 16.1. The number of aryl methyl sites for hydroxylation is 1. The monoisotopic (exact) mass is 194 g/mol. The second-order valence-corrected chi connectivity index (χ2v) is 4.19. The number of aromatic nitrogens is 2. The third-order valence-electron chi connectivity index (χ3n) is 2.33. The van der Waals surface area contributed by atoms with Crippen LogP contribution in [-0.4, -0.2) is 15.3 Å². The van der Waals surface area contributed by atoms with E-state index in [4.69, 9.17) is 0 Å². The minimum atomic E-state index is 0.0740. The van der Waals surface area contributed by atoms with E-state index < -0.39 is 0 Å². The Morgan fingerprint density at radius 1 is 1.50 bits per heavy atom. The molecule has 0 aliphatic heterocycles. The Hall–Kier alpha value is -1.12. The van der Waals surface area contributed by atoms with Gasteiger partial charge in [-0.1, -0.05) is 20.8 Å². The fraction of sp³-hybridized carbons (Fsp3) is 0.636. The molecule has 0 aliphatic carbocycles. The van der Waals surface area contributed by atoms with E-state index in [2.05, 4.69) is 4.98 Å². The zero-order valence-electron chi connectivity index (χ0n) is 9.32. The molecule has 0 saturated carbocycles. The van der Waals surface area contributed by atoms with Crippen LogP contribution in [0.5, 0.6) is 0 Å². The Morgan fingerprint density at radius 2 is 2.14 bits per heavy atom. The van der Waals surface area contributed by atoms with Crippen LogP contribution in [0.2, 0.25) is 0 Å². The third-order valence-corrected chi connectivity index (χ3v) is 2.33. The summed E-state index contributed by atoms with van der Waals surface area (Å²) in [6.07, 6.45) is 4.48. The summed E-state index contributed by atoms with van der Waals surface area (Å²) in [5, 5.41) is 0. The van der Waals surface area contributed by atoms with Gasteiger partial charge in [-0.15, -0.1) is 0 Å². The van der Waals surface area contributed by atoms with Crippen LogP contribution in [0.15, 0.2) is 12.5 Å². The van der Waals surface area contributed by atoms with Gasteiger partial charge in [0.15, 0.2) is 0 Å². The first kappa shape index (κ1) is 11.0. The van der Waals surface area contributed by atoms with Crippen molar-refractivity contribution in [3.8, 4) is 0 Å². The van der Waals surface area contributed by atoms with Crippen LogP contribution in [0.25, 0.3) is 0 Å². The van der Waals surface area contributed by atoms with Gasteiger partial charge < -0.3 is 4.57 Å². The Labute approximate surface area is 85.2 Å². The minimum absolute atomic E-state index is 0.0740. The van der Waals surface area contributed by atoms with E-state index in [1.165, 1.54) is 0 Å². The number of nitrogens with zero attached hydrogens (tertiary/aromatic N) is 2. The topological polar surface area (TPSA) is 34.9 Å². The molecule has 0 amide bonds. The first-order valence-electron chi connectivity index (χ1n) is 5.01. The van der Waals surface area contributed by atoms with Crippen LogP contribution in [0.3, 0.4) is 0 Å². The lowest BCUT2D eigenvalue weighted by Crippen LogP contribution is -2.19. The van der Waals surface area contributed by atoms with Gasteiger partial charge in [-0.25, -0.2) is 4.98 Å². The highest BCUT2D eigenvalue weighted by Crippen LogP contribution is 2.11. The summed E-state index contributed by atoms with van der Waals surface area (Å²) in [5.41, 5.74) is 0.994.